The minimum Gasteiger partial charge on any atom is -0.478 e. The second kappa shape index (κ2) is 10.4. The lowest BCUT2D eigenvalue weighted by Crippen LogP contribution is -2.56. The van der Waals surface area contributed by atoms with Crippen LogP contribution in [0.4, 0.5) is 15.8 Å². The van der Waals surface area contributed by atoms with E-state index in [-0.39, 0.29) is 28.5 Å². The molecule has 41 heavy (non-hydrogen) atoms. The normalized spacial score (nSPS) is 26.1. The number of allylic oxidation sites excluding steroid dienone is 4. The van der Waals surface area contributed by atoms with E-state index < -0.39 is 41.1 Å². The monoisotopic (exact) mass is 597 g/mol. The first-order valence-corrected chi connectivity index (χ1v) is 13.9. The number of halogens is 3. The zero-order chi connectivity index (χ0) is 29.9. The molecule has 7 nitrogen and oxygen atoms in total. The highest BCUT2D eigenvalue weighted by Crippen LogP contribution is 2.60. The molecule has 4 atom stereocenters. The predicted molar refractivity (Wildman–Crippen MR) is 158 cm³/mol. The summed E-state index contributed by atoms with van der Waals surface area (Å²) in [5.41, 5.74) is -0.190. The standard InChI is InChI=1S/C31H30Cl2FN3O4/c1-17(32)6-5-7-22(34)26-25-24(15-36(27(25)38)20-11-8-18(9-12-20)28(39)40)37(16-30(2,3)4)31(26)21-13-10-19(33)14-23(21)35-29(31)41/h5-14,24-26H,1,15-16H2,2-4H3,(H,35,41)(H,39,40)/b6-5-,22-7-/t24-,25+,26-,31+/m0/s1. The van der Waals surface area contributed by atoms with Gasteiger partial charge in [0, 0.05) is 46.1 Å². The Kier molecular flexibility index (Phi) is 7.39. The minimum atomic E-state index is -1.51. The van der Waals surface area contributed by atoms with Gasteiger partial charge in [-0.25, -0.2) is 9.18 Å². The van der Waals surface area contributed by atoms with Crippen molar-refractivity contribution in [2.45, 2.75) is 32.4 Å². The molecule has 0 aliphatic carbocycles. The molecule has 2 aromatic rings. The molecule has 5 rings (SSSR count). The number of carboxylic acids is 1. The van der Waals surface area contributed by atoms with Gasteiger partial charge in [0.15, 0.2) is 0 Å². The van der Waals surface area contributed by atoms with Crippen LogP contribution in [0.5, 0.6) is 0 Å². The Morgan fingerprint density at radius 1 is 1.22 bits per heavy atom. The maximum Gasteiger partial charge on any atom is 0.335 e. The number of carbonyl (C=O) groups is 3. The third kappa shape index (κ3) is 4.88. The van der Waals surface area contributed by atoms with Crippen LogP contribution in [-0.4, -0.2) is 46.9 Å². The van der Waals surface area contributed by atoms with Crippen LogP contribution in [-0.2, 0) is 15.1 Å². The topological polar surface area (TPSA) is 90.0 Å². The first kappa shape index (κ1) is 29.0. The number of carboxylic acid groups (broad SMARTS) is 1. The molecular formula is C31H30Cl2FN3O4. The summed E-state index contributed by atoms with van der Waals surface area (Å²) in [7, 11) is 0. The fourth-order valence-corrected chi connectivity index (χ4v) is 6.71. The molecule has 0 aromatic heterocycles. The number of hydrogen-bond donors (Lipinski definition) is 2. The number of benzene rings is 2. The predicted octanol–water partition coefficient (Wildman–Crippen LogP) is 6.36. The number of fused-ring (bicyclic) bond motifs is 3. The first-order chi connectivity index (χ1) is 19.3. The van der Waals surface area contributed by atoms with Crippen LogP contribution < -0.4 is 10.2 Å². The van der Waals surface area contributed by atoms with Crippen LogP contribution in [0, 0.1) is 17.3 Å². The molecule has 10 heteroatoms. The van der Waals surface area contributed by atoms with E-state index in [2.05, 4.69) is 11.9 Å². The zero-order valence-corrected chi connectivity index (χ0v) is 24.3. The van der Waals surface area contributed by atoms with E-state index in [0.29, 0.717) is 28.5 Å². The van der Waals surface area contributed by atoms with Crippen molar-refractivity contribution in [1.29, 1.82) is 0 Å². The summed E-state index contributed by atoms with van der Waals surface area (Å²) in [6.45, 7) is 10.3. The summed E-state index contributed by atoms with van der Waals surface area (Å²) < 4.78 is 16.6. The number of nitrogens with zero attached hydrogens (tertiary/aromatic N) is 2. The molecule has 2 aromatic carbocycles. The van der Waals surface area contributed by atoms with Crippen LogP contribution in [0.25, 0.3) is 0 Å². The molecule has 0 bridgehead atoms. The highest BCUT2D eigenvalue weighted by molar-refractivity contribution is 6.31. The van der Waals surface area contributed by atoms with E-state index in [4.69, 9.17) is 23.2 Å². The Morgan fingerprint density at radius 3 is 2.51 bits per heavy atom. The highest BCUT2D eigenvalue weighted by atomic mass is 35.5. The van der Waals surface area contributed by atoms with Crippen LogP contribution in [0.1, 0.15) is 36.7 Å². The third-order valence-electron chi connectivity index (χ3n) is 7.88. The Labute approximate surface area is 247 Å². The molecule has 0 unspecified atom stereocenters. The lowest BCUT2D eigenvalue weighted by atomic mass is 9.73. The van der Waals surface area contributed by atoms with Crippen LogP contribution in [0.15, 0.2) is 78.1 Å². The second-order valence-corrected chi connectivity index (χ2v) is 12.8. The number of aromatic carboxylic acids is 1. The van der Waals surface area contributed by atoms with E-state index in [1.807, 2.05) is 25.7 Å². The van der Waals surface area contributed by atoms with Crippen molar-refractivity contribution in [2.75, 3.05) is 23.3 Å². The van der Waals surface area contributed by atoms with Crippen molar-refractivity contribution in [1.82, 2.24) is 4.90 Å². The van der Waals surface area contributed by atoms with Gasteiger partial charge in [-0.2, -0.15) is 0 Å². The summed E-state index contributed by atoms with van der Waals surface area (Å²) in [6, 6.07) is 10.5. The summed E-state index contributed by atoms with van der Waals surface area (Å²) in [4.78, 5) is 43.2. The Morgan fingerprint density at radius 2 is 1.90 bits per heavy atom. The summed E-state index contributed by atoms with van der Waals surface area (Å²) >= 11 is 12.1. The molecule has 0 saturated carbocycles. The number of rotatable bonds is 6. The smallest absolute Gasteiger partial charge is 0.335 e. The van der Waals surface area contributed by atoms with Gasteiger partial charge in [0.05, 0.1) is 17.4 Å². The zero-order valence-electron chi connectivity index (χ0n) is 22.8. The van der Waals surface area contributed by atoms with Crippen molar-refractivity contribution in [3.8, 4) is 0 Å². The minimum absolute atomic E-state index is 0.0892. The molecule has 1 spiro atoms. The third-order valence-corrected chi connectivity index (χ3v) is 8.25. The van der Waals surface area contributed by atoms with Crippen LogP contribution in [0.3, 0.4) is 0 Å². The van der Waals surface area contributed by atoms with E-state index in [1.165, 1.54) is 30.4 Å². The van der Waals surface area contributed by atoms with Gasteiger partial charge in [-0.3, -0.25) is 14.5 Å². The average Bonchev–Trinajstić information content (AvgIpc) is 3.46. The van der Waals surface area contributed by atoms with Gasteiger partial charge in [0.2, 0.25) is 11.8 Å². The number of carbonyl (C=O) groups excluding carboxylic acids is 2. The maximum absolute atomic E-state index is 16.6. The van der Waals surface area contributed by atoms with Gasteiger partial charge < -0.3 is 15.3 Å². The molecule has 2 saturated heterocycles. The highest BCUT2D eigenvalue weighted by Gasteiger charge is 2.71. The van der Waals surface area contributed by atoms with Gasteiger partial charge >= 0.3 is 5.97 Å². The van der Waals surface area contributed by atoms with Crippen LogP contribution in [0.2, 0.25) is 5.02 Å². The number of nitrogens with one attached hydrogen (secondary N) is 1. The van der Waals surface area contributed by atoms with Crippen molar-refractivity contribution >= 4 is 52.4 Å². The van der Waals surface area contributed by atoms with Crippen LogP contribution >= 0.6 is 23.2 Å². The van der Waals surface area contributed by atoms with Gasteiger partial charge in [-0.15, -0.1) is 0 Å². The average molecular weight is 599 g/mol. The lowest BCUT2D eigenvalue weighted by Gasteiger charge is -2.43. The second-order valence-electron chi connectivity index (χ2n) is 11.8. The molecule has 2 amide bonds. The molecule has 3 aliphatic heterocycles. The quantitative estimate of drug-likeness (QED) is 0.378. The summed E-state index contributed by atoms with van der Waals surface area (Å²) in [5, 5.41) is 12.8. The van der Waals surface area contributed by atoms with Crippen molar-refractivity contribution in [2.24, 2.45) is 17.3 Å². The SMILES string of the molecule is C=C(Cl)/C=C\C=C(/F)[C@H]1[C@@H]2C(=O)N(c3ccc(C(=O)O)cc3)C[C@@H]2N(CC(C)(C)C)[C@@]12C(=O)Nc1cc(Cl)ccc12. The molecule has 2 N–H and O–H groups in total. The van der Waals surface area contributed by atoms with Gasteiger partial charge in [0.25, 0.3) is 0 Å². The number of hydrogen-bond acceptors (Lipinski definition) is 4. The van der Waals surface area contributed by atoms with Crippen molar-refractivity contribution in [3.05, 3.63) is 94.3 Å². The summed E-state index contributed by atoms with van der Waals surface area (Å²) in [5.74, 6) is -4.55. The maximum atomic E-state index is 16.6. The fourth-order valence-electron chi connectivity index (χ4n) is 6.47. The van der Waals surface area contributed by atoms with Gasteiger partial charge in [-0.05, 0) is 54.0 Å². The van der Waals surface area contributed by atoms with Crippen molar-refractivity contribution in [3.63, 3.8) is 0 Å². The summed E-state index contributed by atoms with van der Waals surface area (Å²) in [6.07, 6.45) is 4.08. The first-order valence-electron chi connectivity index (χ1n) is 13.2. The fraction of sp³-hybridized carbons (Fsp3) is 0.323. The molecule has 0 radical (unpaired) electrons. The molecule has 2 fully saturated rings. The number of likely N-dealkylation sites (tertiary alicyclic amines) is 1. The number of anilines is 2. The Bertz CT molecular complexity index is 1510. The molecule has 3 aliphatic rings. The lowest BCUT2D eigenvalue weighted by molar-refractivity contribution is -0.130. The number of amides is 2. The largest absolute Gasteiger partial charge is 0.478 e. The van der Waals surface area contributed by atoms with E-state index in [0.717, 1.165) is 0 Å². The molecular weight excluding hydrogens is 568 g/mol. The van der Waals surface area contributed by atoms with E-state index in [1.54, 1.807) is 35.2 Å². The van der Waals surface area contributed by atoms with Crippen molar-refractivity contribution < 1.29 is 23.9 Å². The molecule has 214 valence electrons. The van der Waals surface area contributed by atoms with E-state index in [9.17, 15) is 19.5 Å². The van der Waals surface area contributed by atoms with Gasteiger partial charge in [-0.1, -0.05) is 62.7 Å². The molecule has 3 heterocycles. The Balaban J connectivity index is 1.70. The van der Waals surface area contributed by atoms with E-state index >= 15 is 4.39 Å². The van der Waals surface area contributed by atoms with Gasteiger partial charge in [0.1, 0.15) is 11.4 Å². The Hall–Kier alpha value is -3.46.